The van der Waals surface area contributed by atoms with Crippen LogP contribution in [-0.4, -0.2) is 40.7 Å². The molecule has 128 valence electrons. The quantitative estimate of drug-likeness (QED) is 0.582. The second kappa shape index (κ2) is 6.14. The van der Waals surface area contributed by atoms with Crippen LogP contribution in [0.2, 0.25) is 0 Å². The third kappa shape index (κ3) is 2.51. The lowest BCUT2D eigenvalue weighted by molar-refractivity contribution is 0.299. The van der Waals surface area contributed by atoms with Gasteiger partial charge >= 0.3 is 0 Å². The predicted molar refractivity (Wildman–Crippen MR) is 92.5 cm³/mol. The number of hydrogen-bond acceptors (Lipinski definition) is 5. The van der Waals surface area contributed by atoms with Crippen LogP contribution in [0.15, 0.2) is 41.5 Å². The summed E-state index contributed by atoms with van der Waals surface area (Å²) < 4.78 is 5.30. The summed E-state index contributed by atoms with van der Waals surface area (Å²) in [5, 5.41) is 22.5. The molecule has 8 nitrogen and oxygen atoms in total. The van der Waals surface area contributed by atoms with Crippen LogP contribution in [0.4, 0.5) is 0 Å². The monoisotopic (exact) mass is 338 g/mol. The first kappa shape index (κ1) is 15.5. The van der Waals surface area contributed by atoms with Crippen LogP contribution in [-0.2, 0) is 19.5 Å². The van der Waals surface area contributed by atoms with E-state index in [0.717, 1.165) is 11.1 Å². The SMILES string of the molecule is CCn1c(=O)c2ccccc2n2c(Cn3cc(CCO)cn3)nnc12. The third-order valence-electron chi connectivity index (χ3n) is 4.28. The Balaban J connectivity index is 1.90. The molecule has 4 aromatic rings. The number of aliphatic hydroxyl groups is 1. The highest BCUT2D eigenvalue weighted by atomic mass is 16.3. The molecule has 25 heavy (non-hydrogen) atoms. The maximum Gasteiger partial charge on any atom is 0.262 e. The summed E-state index contributed by atoms with van der Waals surface area (Å²) in [5.74, 6) is 1.23. The molecule has 0 radical (unpaired) electrons. The summed E-state index contributed by atoms with van der Waals surface area (Å²) in [7, 11) is 0. The van der Waals surface area contributed by atoms with Gasteiger partial charge in [0.1, 0.15) is 6.54 Å². The van der Waals surface area contributed by atoms with Crippen LogP contribution in [0, 0.1) is 0 Å². The smallest absolute Gasteiger partial charge is 0.262 e. The number of nitrogens with zero attached hydrogens (tertiary/aromatic N) is 6. The van der Waals surface area contributed by atoms with E-state index in [1.807, 2.05) is 41.8 Å². The van der Waals surface area contributed by atoms with E-state index in [2.05, 4.69) is 15.3 Å². The molecule has 3 aromatic heterocycles. The van der Waals surface area contributed by atoms with Crippen molar-refractivity contribution in [3.63, 3.8) is 0 Å². The van der Waals surface area contributed by atoms with Gasteiger partial charge in [0.15, 0.2) is 5.82 Å². The second-order valence-electron chi connectivity index (χ2n) is 5.84. The molecule has 0 amide bonds. The second-order valence-corrected chi connectivity index (χ2v) is 5.84. The molecule has 0 spiro atoms. The van der Waals surface area contributed by atoms with Gasteiger partial charge in [0, 0.05) is 19.3 Å². The number of aliphatic hydroxyl groups excluding tert-OH is 1. The van der Waals surface area contributed by atoms with Gasteiger partial charge in [-0.3, -0.25) is 18.4 Å². The number of para-hydroxylation sites is 1. The number of rotatable bonds is 5. The molecule has 0 unspecified atom stereocenters. The standard InChI is InChI=1S/C17H18N6O2/c1-2-22-16(25)13-5-3-4-6-14(13)23-15(19-20-17(22)23)11-21-10-12(7-8-24)9-18-21/h3-6,9-10,24H,2,7-8,11H2,1H3. The number of aryl methyl sites for hydroxylation is 1. The maximum atomic E-state index is 12.7. The Morgan fingerprint density at radius 1 is 1.20 bits per heavy atom. The highest BCUT2D eigenvalue weighted by Crippen LogP contribution is 2.15. The van der Waals surface area contributed by atoms with E-state index in [1.54, 1.807) is 15.4 Å². The van der Waals surface area contributed by atoms with Gasteiger partial charge in [-0.2, -0.15) is 5.10 Å². The summed E-state index contributed by atoms with van der Waals surface area (Å²) in [5.41, 5.74) is 1.69. The van der Waals surface area contributed by atoms with Gasteiger partial charge in [-0.25, -0.2) is 0 Å². The van der Waals surface area contributed by atoms with Gasteiger partial charge in [0.2, 0.25) is 5.78 Å². The minimum absolute atomic E-state index is 0.0612. The van der Waals surface area contributed by atoms with E-state index in [-0.39, 0.29) is 12.2 Å². The topological polar surface area (TPSA) is 90.2 Å². The maximum absolute atomic E-state index is 12.7. The fourth-order valence-electron chi connectivity index (χ4n) is 3.10. The zero-order valence-electron chi connectivity index (χ0n) is 13.8. The predicted octanol–water partition coefficient (Wildman–Crippen LogP) is 0.844. The van der Waals surface area contributed by atoms with Crippen molar-refractivity contribution in [3.05, 3.63) is 58.4 Å². The molecule has 0 fully saturated rings. The number of hydrogen-bond donors (Lipinski definition) is 1. The van der Waals surface area contributed by atoms with E-state index in [4.69, 9.17) is 5.11 Å². The average Bonchev–Trinajstić information content (AvgIpc) is 3.24. The lowest BCUT2D eigenvalue weighted by Crippen LogP contribution is -2.23. The summed E-state index contributed by atoms with van der Waals surface area (Å²) in [6.07, 6.45) is 4.19. The molecular formula is C17H18N6O2. The summed E-state index contributed by atoms with van der Waals surface area (Å²) in [6, 6.07) is 7.47. The first-order valence-electron chi connectivity index (χ1n) is 8.20. The summed E-state index contributed by atoms with van der Waals surface area (Å²) >= 11 is 0. The molecule has 4 rings (SSSR count). The number of benzene rings is 1. The van der Waals surface area contributed by atoms with Crippen molar-refractivity contribution in [2.75, 3.05) is 6.61 Å². The molecule has 0 aliphatic carbocycles. The van der Waals surface area contributed by atoms with Crippen LogP contribution in [0.25, 0.3) is 16.7 Å². The Hall–Kier alpha value is -3.00. The normalized spacial score (nSPS) is 11.6. The largest absolute Gasteiger partial charge is 0.396 e. The zero-order chi connectivity index (χ0) is 17.4. The molecule has 0 aliphatic rings. The van der Waals surface area contributed by atoms with Gasteiger partial charge < -0.3 is 5.11 Å². The van der Waals surface area contributed by atoms with Crippen LogP contribution in [0.3, 0.4) is 0 Å². The lowest BCUT2D eigenvalue weighted by atomic mass is 10.2. The van der Waals surface area contributed by atoms with Gasteiger partial charge in [-0.05, 0) is 31.0 Å². The van der Waals surface area contributed by atoms with Crippen molar-refractivity contribution in [2.45, 2.75) is 26.4 Å². The molecule has 0 aliphatic heterocycles. The zero-order valence-corrected chi connectivity index (χ0v) is 13.8. The Morgan fingerprint density at radius 2 is 2.04 bits per heavy atom. The fraction of sp³-hybridized carbons (Fsp3) is 0.294. The molecule has 0 saturated heterocycles. The number of fused-ring (bicyclic) bond motifs is 3. The molecule has 3 heterocycles. The van der Waals surface area contributed by atoms with E-state index >= 15 is 0 Å². The molecule has 1 aromatic carbocycles. The van der Waals surface area contributed by atoms with E-state index in [9.17, 15) is 4.79 Å². The van der Waals surface area contributed by atoms with Crippen LogP contribution >= 0.6 is 0 Å². The van der Waals surface area contributed by atoms with Crippen molar-refractivity contribution in [2.24, 2.45) is 0 Å². The van der Waals surface area contributed by atoms with Crippen LogP contribution in [0.5, 0.6) is 0 Å². The first-order chi connectivity index (χ1) is 12.2. The van der Waals surface area contributed by atoms with Crippen molar-refractivity contribution < 1.29 is 5.11 Å². The Kier molecular flexibility index (Phi) is 3.81. The molecule has 0 atom stereocenters. The van der Waals surface area contributed by atoms with Gasteiger partial charge in [0.05, 0.1) is 17.1 Å². The highest BCUT2D eigenvalue weighted by Gasteiger charge is 2.16. The van der Waals surface area contributed by atoms with Crippen LogP contribution in [0.1, 0.15) is 18.3 Å². The van der Waals surface area contributed by atoms with Crippen LogP contribution < -0.4 is 5.56 Å². The lowest BCUT2D eigenvalue weighted by Gasteiger charge is -2.09. The highest BCUT2D eigenvalue weighted by molar-refractivity contribution is 5.80. The fourth-order valence-corrected chi connectivity index (χ4v) is 3.10. The minimum atomic E-state index is -0.0612. The summed E-state index contributed by atoms with van der Waals surface area (Å²) in [6.45, 7) is 2.96. The third-order valence-corrected chi connectivity index (χ3v) is 4.28. The summed E-state index contributed by atoms with van der Waals surface area (Å²) in [4.78, 5) is 12.7. The van der Waals surface area contributed by atoms with Crippen molar-refractivity contribution in [1.29, 1.82) is 0 Å². The van der Waals surface area contributed by atoms with Gasteiger partial charge in [-0.1, -0.05) is 12.1 Å². The van der Waals surface area contributed by atoms with Crippen molar-refractivity contribution in [1.82, 2.24) is 28.9 Å². The molecule has 0 bridgehead atoms. The minimum Gasteiger partial charge on any atom is -0.396 e. The Morgan fingerprint density at radius 3 is 2.84 bits per heavy atom. The van der Waals surface area contributed by atoms with E-state index < -0.39 is 0 Å². The average molecular weight is 338 g/mol. The molecule has 1 N–H and O–H groups in total. The molecule has 0 saturated carbocycles. The molecule has 8 heteroatoms. The first-order valence-corrected chi connectivity index (χ1v) is 8.20. The van der Waals surface area contributed by atoms with Gasteiger partial charge in [-0.15, -0.1) is 10.2 Å². The van der Waals surface area contributed by atoms with Gasteiger partial charge in [0.25, 0.3) is 5.56 Å². The van der Waals surface area contributed by atoms with E-state index in [1.165, 1.54) is 0 Å². The van der Waals surface area contributed by atoms with Crippen molar-refractivity contribution in [3.8, 4) is 0 Å². The Labute approximate surface area is 143 Å². The Bertz CT molecular complexity index is 1110. The number of aromatic nitrogens is 6. The molecular weight excluding hydrogens is 320 g/mol. The van der Waals surface area contributed by atoms with Crippen molar-refractivity contribution >= 4 is 16.7 Å². The van der Waals surface area contributed by atoms with E-state index in [0.29, 0.717) is 36.5 Å².